The maximum absolute atomic E-state index is 11.0. The molecule has 0 spiro atoms. The highest BCUT2D eigenvalue weighted by Crippen LogP contribution is 2.36. The number of nitriles is 2. The number of benzene rings is 2. The summed E-state index contributed by atoms with van der Waals surface area (Å²) in [6.07, 6.45) is 4.43. The van der Waals surface area contributed by atoms with Gasteiger partial charge in [0.15, 0.2) is 29.3 Å². The van der Waals surface area contributed by atoms with Crippen molar-refractivity contribution in [3.8, 4) is 46.9 Å². The fourth-order valence-corrected chi connectivity index (χ4v) is 4.30. The van der Waals surface area contributed by atoms with Crippen molar-refractivity contribution < 1.29 is 63.3 Å². The van der Waals surface area contributed by atoms with Gasteiger partial charge in [-0.2, -0.15) is 10.5 Å². The number of carbonyl (C=O) groups is 5. The van der Waals surface area contributed by atoms with Crippen LogP contribution in [0.15, 0.2) is 85.0 Å². The molecule has 0 atom stereocenters. The van der Waals surface area contributed by atoms with E-state index >= 15 is 0 Å². The van der Waals surface area contributed by atoms with Gasteiger partial charge in [-0.1, -0.05) is 32.0 Å². The van der Waals surface area contributed by atoms with Crippen molar-refractivity contribution in [2.45, 2.75) is 33.2 Å². The predicted molar refractivity (Wildman–Crippen MR) is 210 cm³/mol. The predicted octanol–water partition coefficient (Wildman–Crippen LogP) is 5.59. The lowest BCUT2D eigenvalue weighted by Gasteiger charge is -2.14. The van der Waals surface area contributed by atoms with Crippen LogP contribution in [0.5, 0.6) is 34.8 Å². The Labute approximate surface area is 338 Å². The first-order valence-corrected chi connectivity index (χ1v) is 17.1. The molecule has 308 valence electrons. The van der Waals surface area contributed by atoms with Crippen LogP contribution >= 0.6 is 0 Å². The number of rotatable bonds is 15. The zero-order valence-electron chi connectivity index (χ0n) is 32.5. The number of carboxylic acid groups (broad SMARTS) is 4. The smallest absolute Gasteiger partial charge is 0.328 e. The number of hydrogen-bond donors (Lipinski definition) is 5. The van der Waals surface area contributed by atoms with Crippen molar-refractivity contribution in [3.05, 3.63) is 119 Å². The summed E-state index contributed by atoms with van der Waals surface area (Å²) >= 11 is 0. The minimum absolute atomic E-state index is 0.207. The number of hydrogen-bond acceptors (Lipinski definition) is 14. The third-order valence-electron chi connectivity index (χ3n) is 6.92. The molecular weight excluding hydrogens is 770 g/mol. The van der Waals surface area contributed by atoms with Crippen LogP contribution in [-0.2, 0) is 38.6 Å². The van der Waals surface area contributed by atoms with Gasteiger partial charge < -0.3 is 44.7 Å². The summed E-state index contributed by atoms with van der Waals surface area (Å²) in [4.78, 5) is 57.9. The van der Waals surface area contributed by atoms with Crippen molar-refractivity contribution in [1.82, 2.24) is 15.3 Å². The number of carbonyl (C=O) groups excluding carboxylic acids is 1. The molecule has 2 aromatic heterocycles. The number of aldehydes is 1. The van der Waals surface area contributed by atoms with Crippen LogP contribution in [0.4, 0.5) is 0 Å². The van der Waals surface area contributed by atoms with E-state index in [1.807, 2.05) is 45.2 Å². The second-order valence-corrected chi connectivity index (χ2v) is 10.9. The molecule has 4 rings (SSSR count). The molecule has 0 aliphatic rings. The summed E-state index contributed by atoms with van der Waals surface area (Å²) in [7, 11) is 4.92. The van der Waals surface area contributed by atoms with E-state index in [4.69, 9.17) is 44.6 Å². The lowest BCUT2D eigenvalue weighted by molar-refractivity contribution is -0.134. The maximum Gasteiger partial charge on any atom is 0.328 e. The van der Waals surface area contributed by atoms with E-state index in [-0.39, 0.29) is 5.88 Å². The number of pyridine rings is 2. The zero-order chi connectivity index (χ0) is 44.3. The van der Waals surface area contributed by atoms with E-state index in [0.717, 1.165) is 29.8 Å². The van der Waals surface area contributed by atoms with Gasteiger partial charge >= 0.3 is 23.9 Å². The van der Waals surface area contributed by atoms with Gasteiger partial charge in [0.1, 0.15) is 23.3 Å². The van der Waals surface area contributed by atoms with Gasteiger partial charge in [-0.15, -0.1) is 0 Å². The number of carboxylic acids is 4. The van der Waals surface area contributed by atoms with Crippen LogP contribution in [0.1, 0.15) is 52.3 Å². The minimum atomic E-state index is -1.26. The highest BCUT2D eigenvalue weighted by atomic mass is 16.5. The molecule has 5 N–H and O–H groups in total. The number of nitrogens with one attached hydrogen (secondary N) is 1. The minimum Gasteiger partial charge on any atom is -0.492 e. The van der Waals surface area contributed by atoms with Crippen molar-refractivity contribution >= 4 is 30.2 Å². The molecule has 0 unspecified atom stereocenters. The van der Waals surface area contributed by atoms with Crippen molar-refractivity contribution in [2.24, 2.45) is 0 Å². The Morgan fingerprint density at radius 3 is 1.41 bits per heavy atom. The largest absolute Gasteiger partial charge is 0.492 e. The van der Waals surface area contributed by atoms with Crippen molar-refractivity contribution in [2.75, 3.05) is 21.3 Å². The first kappa shape index (κ1) is 48.9. The van der Waals surface area contributed by atoms with Gasteiger partial charge in [0.2, 0.25) is 11.8 Å². The highest BCUT2D eigenvalue weighted by molar-refractivity contribution is 5.90. The third kappa shape index (κ3) is 17.5. The zero-order valence-corrected chi connectivity index (χ0v) is 32.5. The normalized spacial score (nSPS) is 9.81. The summed E-state index contributed by atoms with van der Waals surface area (Å²) in [5.74, 6) is -2.66. The van der Waals surface area contributed by atoms with E-state index in [9.17, 15) is 29.2 Å². The fourth-order valence-electron chi connectivity index (χ4n) is 4.30. The number of aliphatic carboxylic acids is 4. The topological polar surface area (TPSA) is 289 Å². The van der Waals surface area contributed by atoms with Crippen molar-refractivity contribution in [3.63, 3.8) is 0 Å². The third-order valence-corrected chi connectivity index (χ3v) is 6.92. The Morgan fingerprint density at radius 2 is 1.07 bits per heavy atom. The van der Waals surface area contributed by atoms with Crippen LogP contribution in [0.3, 0.4) is 0 Å². The Bertz CT molecular complexity index is 2160. The van der Waals surface area contributed by atoms with Crippen LogP contribution < -0.4 is 24.3 Å². The lowest BCUT2D eigenvalue weighted by Crippen LogP contribution is -2.07. The monoisotopic (exact) mass is 811 g/mol. The Kier molecular flexibility index (Phi) is 22.1. The van der Waals surface area contributed by atoms with Gasteiger partial charge in [-0.3, -0.25) is 4.79 Å². The van der Waals surface area contributed by atoms with Gasteiger partial charge in [0.25, 0.3) is 0 Å². The van der Waals surface area contributed by atoms with Gasteiger partial charge in [0, 0.05) is 47.8 Å². The number of aromatic nitrogens is 2. The molecule has 18 nitrogen and oxygen atoms in total. The molecule has 0 bridgehead atoms. The molecule has 2 heterocycles. The van der Waals surface area contributed by atoms with E-state index in [0.29, 0.717) is 82.7 Å². The average molecular weight is 812 g/mol. The Morgan fingerprint density at radius 1 is 0.661 bits per heavy atom. The second kappa shape index (κ2) is 26.7. The van der Waals surface area contributed by atoms with Gasteiger partial charge in [-0.25, -0.2) is 29.1 Å². The number of ether oxygens (including phenoxy) is 4. The van der Waals surface area contributed by atoms with Crippen LogP contribution in [0.25, 0.3) is 0 Å². The molecule has 59 heavy (non-hydrogen) atoms. The Hall–Kier alpha value is -8.09. The van der Waals surface area contributed by atoms with Gasteiger partial charge in [0.05, 0.1) is 19.8 Å². The SMILES string of the molecule is CCc1ccc(C#N)c(Oc2cccc(C=O)c2OC)n1.CCc1ccc(C#N)c(Oc2cccc(CNC)c2OC)n1.O=C(O)/C=C/C(=O)O.O=C(O)/C=C/C(=O)O. The average Bonchev–Trinajstić information content (AvgIpc) is 3.22. The molecule has 2 aromatic carbocycles. The molecule has 18 heteroatoms. The summed E-state index contributed by atoms with van der Waals surface area (Å²) in [6, 6.07) is 21.8. The van der Waals surface area contributed by atoms with Crippen molar-refractivity contribution in [1.29, 1.82) is 10.5 Å². The van der Waals surface area contributed by atoms with Crippen LogP contribution in [-0.4, -0.2) is 81.8 Å². The van der Waals surface area contributed by atoms with Gasteiger partial charge in [-0.05, 0) is 62.4 Å². The molecule has 0 radical (unpaired) electrons. The maximum atomic E-state index is 11.0. The molecule has 0 amide bonds. The summed E-state index contributed by atoms with van der Waals surface area (Å²) in [5, 5.41) is 52.7. The number of para-hydroxylation sites is 2. The summed E-state index contributed by atoms with van der Waals surface area (Å²) in [5.41, 5.74) is 3.77. The molecular formula is C41H41N5O13. The van der Waals surface area contributed by atoms with E-state index < -0.39 is 23.9 Å². The van der Waals surface area contributed by atoms with E-state index in [1.165, 1.54) is 7.11 Å². The molecule has 0 saturated carbocycles. The van der Waals surface area contributed by atoms with E-state index in [2.05, 4.69) is 21.4 Å². The molecule has 0 aliphatic heterocycles. The standard InChI is InChI=1S/C17H19N3O2.C16H14N2O3.2C4H4O4/c1-4-14-9-8-12(10-18)17(20-14)22-15-7-5-6-13(11-19-2)16(15)21-3;1-3-13-8-7-11(9-17)16(18-13)21-14-6-4-5-12(10-19)15(14)20-2;2*5-3(6)1-2-4(7)8/h5-9,19H,4,11H2,1-3H3;4-8,10H,3H2,1-2H3;2*1-2H,(H,5,6)(H,7,8)/b;;2*2-1+. The van der Waals surface area contributed by atoms with Crippen LogP contribution in [0, 0.1) is 22.7 Å². The highest BCUT2D eigenvalue weighted by Gasteiger charge is 2.15. The number of aryl methyl sites for hydroxylation is 2. The van der Waals surface area contributed by atoms with E-state index in [1.54, 1.807) is 49.6 Å². The number of methoxy groups -OCH3 is 2. The molecule has 0 aliphatic carbocycles. The Balaban J connectivity index is 0.000000435. The second-order valence-electron chi connectivity index (χ2n) is 10.9. The first-order valence-electron chi connectivity index (χ1n) is 17.1. The number of nitrogens with zero attached hydrogens (tertiary/aromatic N) is 4. The first-order chi connectivity index (χ1) is 28.2. The molecule has 0 saturated heterocycles. The molecule has 4 aromatic rings. The summed E-state index contributed by atoms with van der Waals surface area (Å²) < 4.78 is 22.2. The summed E-state index contributed by atoms with van der Waals surface area (Å²) in [6.45, 7) is 4.63. The lowest BCUT2D eigenvalue weighted by atomic mass is 10.2. The molecule has 0 fully saturated rings. The quantitative estimate of drug-likeness (QED) is 0.0722. The van der Waals surface area contributed by atoms with Crippen LogP contribution in [0.2, 0.25) is 0 Å². The fraction of sp³-hybridized carbons (Fsp3) is 0.195.